The minimum absolute atomic E-state index is 0.307. The van der Waals surface area contributed by atoms with E-state index in [0.717, 1.165) is 29.7 Å². The molecule has 1 aliphatic heterocycles. The number of nitrogens with one attached hydrogen (secondary N) is 2. The summed E-state index contributed by atoms with van der Waals surface area (Å²) in [4.78, 5) is 15.0. The summed E-state index contributed by atoms with van der Waals surface area (Å²) < 4.78 is 7.79. The predicted octanol–water partition coefficient (Wildman–Crippen LogP) is 5.96. The Kier molecular flexibility index (Phi) is 6.44. The molecule has 3 aromatic carbocycles. The highest BCUT2D eigenvalue weighted by molar-refractivity contribution is 6.00. The number of hydrogen-bond donors (Lipinski definition) is 2. The molecule has 7 nitrogen and oxygen atoms in total. The maximum absolute atomic E-state index is 12.5. The van der Waals surface area contributed by atoms with Gasteiger partial charge in [-0.25, -0.2) is 4.79 Å². The maximum Gasteiger partial charge on any atom is 0.323 e. The van der Waals surface area contributed by atoms with E-state index in [1.165, 1.54) is 19.4 Å². The minimum atomic E-state index is -0.307. The van der Waals surface area contributed by atoms with Crippen LogP contribution in [-0.2, 0) is 6.54 Å². The van der Waals surface area contributed by atoms with Crippen molar-refractivity contribution in [3.63, 3.8) is 0 Å². The molecule has 1 aliphatic rings. The SMILES string of the molecule is CC1CCCN1CCn1cc2ccc(NC(=O)Nc3ccc(Oc4ccccc4)cc3)cc2n1. The summed E-state index contributed by atoms with van der Waals surface area (Å²) in [7, 11) is 0. The first-order chi connectivity index (χ1) is 16.6. The van der Waals surface area contributed by atoms with Crippen molar-refractivity contribution in [3.8, 4) is 11.5 Å². The standard InChI is InChI=1S/C27H29N5O2/c1-20-6-5-15-31(20)16-17-32-19-21-9-10-23(18-26(21)30-32)29-27(33)28-22-11-13-25(14-12-22)34-24-7-3-2-4-8-24/h2-4,7-14,18-20H,5-6,15-17H2,1H3,(H2,28,29,33). The molecule has 0 bridgehead atoms. The molecule has 0 saturated carbocycles. The molecule has 1 unspecified atom stereocenters. The van der Waals surface area contributed by atoms with E-state index in [-0.39, 0.29) is 6.03 Å². The summed E-state index contributed by atoms with van der Waals surface area (Å²) in [5.41, 5.74) is 2.25. The second-order valence-electron chi connectivity index (χ2n) is 8.71. The number of nitrogens with zero attached hydrogens (tertiary/aromatic N) is 3. The van der Waals surface area contributed by atoms with Gasteiger partial charge in [-0.15, -0.1) is 0 Å². The fraction of sp³-hybridized carbons (Fsp3) is 0.259. The zero-order valence-corrected chi connectivity index (χ0v) is 19.3. The lowest BCUT2D eigenvalue weighted by molar-refractivity contribution is 0.254. The second-order valence-corrected chi connectivity index (χ2v) is 8.71. The number of benzene rings is 3. The third-order valence-electron chi connectivity index (χ3n) is 6.21. The largest absolute Gasteiger partial charge is 0.457 e. The average Bonchev–Trinajstić information content (AvgIpc) is 3.44. The van der Waals surface area contributed by atoms with Gasteiger partial charge in [-0.2, -0.15) is 5.10 Å². The van der Waals surface area contributed by atoms with Crippen LogP contribution in [0.1, 0.15) is 19.8 Å². The molecule has 4 aromatic rings. The molecule has 0 radical (unpaired) electrons. The molecule has 0 spiro atoms. The number of amides is 2. The number of rotatable bonds is 7. The summed E-state index contributed by atoms with van der Waals surface area (Å²) in [6.07, 6.45) is 4.63. The summed E-state index contributed by atoms with van der Waals surface area (Å²) >= 11 is 0. The Morgan fingerprint density at radius 3 is 2.47 bits per heavy atom. The van der Waals surface area contributed by atoms with E-state index in [0.29, 0.717) is 23.2 Å². The lowest BCUT2D eigenvalue weighted by Crippen LogP contribution is -2.30. The van der Waals surface area contributed by atoms with Crippen molar-refractivity contribution in [2.75, 3.05) is 23.7 Å². The van der Waals surface area contributed by atoms with Gasteiger partial charge >= 0.3 is 6.03 Å². The van der Waals surface area contributed by atoms with Gasteiger partial charge in [0.15, 0.2) is 0 Å². The number of likely N-dealkylation sites (tertiary alicyclic amines) is 1. The normalized spacial score (nSPS) is 16.0. The van der Waals surface area contributed by atoms with E-state index in [2.05, 4.69) is 28.7 Å². The van der Waals surface area contributed by atoms with Gasteiger partial charge in [-0.3, -0.25) is 9.58 Å². The number of hydrogen-bond acceptors (Lipinski definition) is 4. The van der Waals surface area contributed by atoms with Crippen molar-refractivity contribution in [3.05, 3.63) is 79.0 Å². The Labute approximate surface area is 199 Å². The van der Waals surface area contributed by atoms with Crippen LogP contribution in [0.4, 0.5) is 16.2 Å². The van der Waals surface area contributed by atoms with E-state index in [4.69, 9.17) is 9.84 Å². The van der Waals surface area contributed by atoms with Gasteiger partial charge in [-0.05, 0) is 80.9 Å². The molecule has 1 aromatic heterocycles. The fourth-order valence-corrected chi connectivity index (χ4v) is 4.34. The number of urea groups is 1. The van der Waals surface area contributed by atoms with E-state index in [9.17, 15) is 4.79 Å². The highest BCUT2D eigenvalue weighted by atomic mass is 16.5. The first kappa shape index (κ1) is 22.0. The van der Waals surface area contributed by atoms with E-state index >= 15 is 0 Å². The summed E-state index contributed by atoms with van der Waals surface area (Å²) in [5, 5.41) is 11.5. The van der Waals surface area contributed by atoms with Crippen LogP contribution in [0.2, 0.25) is 0 Å². The number of anilines is 2. The molecule has 1 saturated heterocycles. The van der Waals surface area contributed by atoms with Gasteiger partial charge in [0.25, 0.3) is 0 Å². The highest BCUT2D eigenvalue weighted by Crippen LogP contribution is 2.23. The van der Waals surface area contributed by atoms with Crippen LogP contribution >= 0.6 is 0 Å². The molecular weight excluding hydrogens is 426 g/mol. The van der Waals surface area contributed by atoms with E-state index < -0.39 is 0 Å². The Morgan fingerprint density at radius 1 is 0.971 bits per heavy atom. The number of carbonyl (C=O) groups is 1. The number of para-hydroxylation sites is 1. The molecule has 1 atom stereocenters. The molecule has 5 rings (SSSR count). The lowest BCUT2D eigenvalue weighted by atomic mass is 10.2. The summed E-state index contributed by atoms with van der Waals surface area (Å²) in [6, 6.07) is 23.0. The Bertz CT molecular complexity index is 1250. The van der Waals surface area contributed by atoms with Crippen LogP contribution in [-0.4, -0.2) is 39.8 Å². The van der Waals surface area contributed by atoms with Crippen LogP contribution in [0, 0.1) is 0 Å². The van der Waals surface area contributed by atoms with Crippen molar-refractivity contribution in [2.24, 2.45) is 0 Å². The quantitative estimate of drug-likeness (QED) is 0.361. The van der Waals surface area contributed by atoms with Crippen LogP contribution in [0.5, 0.6) is 11.5 Å². The van der Waals surface area contributed by atoms with Crippen molar-refractivity contribution < 1.29 is 9.53 Å². The third-order valence-corrected chi connectivity index (χ3v) is 6.21. The van der Waals surface area contributed by atoms with Crippen LogP contribution in [0.25, 0.3) is 10.9 Å². The summed E-state index contributed by atoms with van der Waals surface area (Å²) in [5.74, 6) is 1.47. The smallest absolute Gasteiger partial charge is 0.323 e. The highest BCUT2D eigenvalue weighted by Gasteiger charge is 2.19. The molecule has 1 fully saturated rings. The minimum Gasteiger partial charge on any atom is -0.457 e. The van der Waals surface area contributed by atoms with Gasteiger partial charge in [0.2, 0.25) is 0 Å². The molecule has 2 heterocycles. The Hall–Kier alpha value is -3.84. The zero-order chi connectivity index (χ0) is 23.3. The lowest BCUT2D eigenvalue weighted by Gasteiger charge is -2.20. The molecule has 7 heteroatoms. The third kappa shape index (κ3) is 5.38. The fourth-order valence-electron chi connectivity index (χ4n) is 4.34. The van der Waals surface area contributed by atoms with Crippen LogP contribution in [0.15, 0.2) is 79.0 Å². The molecule has 34 heavy (non-hydrogen) atoms. The molecule has 0 aliphatic carbocycles. The summed E-state index contributed by atoms with van der Waals surface area (Å²) in [6.45, 7) is 5.35. The predicted molar refractivity (Wildman–Crippen MR) is 136 cm³/mol. The van der Waals surface area contributed by atoms with Crippen LogP contribution < -0.4 is 15.4 Å². The van der Waals surface area contributed by atoms with Gasteiger partial charge in [0.1, 0.15) is 11.5 Å². The molecule has 2 N–H and O–H groups in total. The van der Waals surface area contributed by atoms with Crippen molar-refractivity contribution in [2.45, 2.75) is 32.4 Å². The Balaban J connectivity index is 1.16. The van der Waals surface area contributed by atoms with E-state index in [1.54, 1.807) is 0 Å². The zero-order valence-electron chi connectivity index (χ0n) is 19.3. The number of carbonyl (C=O) groups excluding carboxylic acids is 1. The van der Waals surface area contributed by atoms with Crippen molar-refractivity contribution in [1.82, 2.24) is 14.7 Å². The molecule has 2 amide bonds. The van der Waals surface area contributed by atoms with Gasteiger partial charge in [-0.1, -0.05) is 18.2 Å². The number of ether oxygens (including phenoxy) is 1. The van der Waals surface area contributed by atoms with Gasteiger partial charge in [0.05, 0.1) is 12.1 Å². The van der Waals surface area contributed by atoms with E-state index in [1.807, 2.05) is 77.5 Å². The van der Waals surface area contributed by atoms with Crippen LogP contribution in [0.3, 0.4) is 0 Å². The number of fused-ring (bicyclic) bond motifs is 1. The monoisotopic (exact) mass is 455 g/mol. The molecule has 174 valence electrons. The van der Waals surface area contributed by atoms with Gasteiger partial charge < -0.3 is 15.4 Å². The number of aromatic nitrogens is 2. The van der Waals surface area contributed by atoms with Crippen molar-refractivity contribution in [1.29, 1.82) is 0 Å². The maximum atomic E-state index is 12.5. The first-order valence-electron chi connectivity index (χ1n) is 11.7. The van der Waals surface area contributed by atoms with Gasteiger partial charge in [0, 0.05) is 35.5 Å². The first-order valence-corrected chi connectivity index (χ1v) is 11.7. The van der Waals surface area contributed by atoms with Crippen molar-refractivity contribution >= 4 is 28.3 Å². The topological polar surface area (TPSA) is 71.4 Å². The average molecular weight is 456 g/mol. The second kappa shape index (κ2) is 9.97. The Morgan fingerprint density at radius 2 is 1.71 bits per heavy atom. The molecular formula is C27H29N5O2.